The fourth-order valence-electron chi connectivity index (χ4n) is 20.7. The van der Waals surface area contributed by atoms with Crippen LogP contribution in [0.5, 0.6) is 0 Å². The Hall–Kier alpha value is -17.7. The van der Waals surface area contributed by atoms with Crippen LogP contribution >= 0.6 is 0 Å². The van der Waals surface area contributed by atoms with Crippen molar-refractivity contribution in [1.29, 1.82) is 0 Å². The summed E-state index contributed by atoms with van der Waals surface area (Å²) in [6.07, 6.45) is 0. The molecule has 0 spiro atoms. The molecule has 25 aromatic carbocycles. The number of rotatable bonds is 15. The molecule has 25 aromatic rings. The Morgan fingerprint density at radius 3 is 0.632 bits per heavy atom. The first-order valence-electron chi connectivity index (χ1n) is 47.0. The first kappa shape index (κ1) is 82.7. The van der Waals surface area contributed by atoms with Crippen LogP contribution in [0, 0.1) is 0 Å². The molecule has 0 fully saturated rings. The van der Waals surface area contributed by atoms with E-state index < -0.39 is 0 Å². The summed E-state index contributed by atoms with van der Waals surface area (Å²) in [7, 11) is 0. The maximum atomic E-state index is 2.43. The van der Waals surface area contributed by atoms with Crippen molar-refractivity contribution in [2.24, 2.45) is 0 Å². The number of hydrogen-bond donors (Lipinski definition) is 0. The van der Waals surface area contributed by atoms with Crippen LogP contribution in [0.25, 0.3) is 242 Å². The summed E-state index contributed by atoms with van der Waals surface area (Å²) in [6, 6.07) is 203. The molecule has 0 saturated heterocycles. The molecule has 0 aliphatic heterocycles. The molecule has 0 nitrogen and oxygen atoms in total. The molecule has 0 heterocycles. The van der Waals surface area contributed by atoms with Gasteiger partial charge in [-0.05, 0) is 273 Å². The molecule has 0 aliphatic rings. The standard InChI is InChI=1S/C48H32.2C44H30/c1-3-13-33(14-4-1)35-25-27-37(28-26-35)47-43-22-9-10-23-44(43)48(40-20-11-19-38(31-40)34-15-5-2-6-16-34)45-30-29-39(32-46(45)47)42-24-12-18-36-17-7-8-21-41(36)42;1-4-16-31(17-5-1)34-28-29-41-42(30-34)44(38-25-13-11-23-36(38)33-20-8-3-9-21-33)40-27-15-14-26-39(40)43(41)37-24-12-10-22-35(37)32-18-6-2-7-19-32;1-4-13-31(14-5-1)34-23-25-35(26-24-34)43-39-21-10-11-22-40(39)44(38-20-12-19-36(29-38)32-15-6-2-7-16-32)41-28-27-37(30-42(41)43)33-17-8-3-9-18-33/h1-32H;2*1-30H. The van der Waals surface area contributed by atoms with E-state index in [9.17, 15) is 0 Å². The van der Waals surface area contributed by atoms with Crippen LogP contribution in [0.4, 0.5) is 0 Å². The summed E-state index contributed by atoms with van der Waals surface area (Å²) < 4.78 is 0. The van der Waals surface area contributed by atoms with Crippen molar-refractivity contribution in [1.82, 2.24) is 0 Å². The lowest BCUT2D eigenvalue weighted by Crippen LogP contribution is -1.94. The quantitative estimate of drug-likeness (QED) is 0.0898. The third-order valence-electron chi connectivity index (χ3n) is 27.0. The maximum absolute atomic E-state index is 2.43. The van der Waals surface area contributed by atoms with E-state index in [2.05, 4.69) is 558 Å². The van der Waals surface area contributed by atoms with E-state index >= 15 is 0 Å². The zero-order chi connectivity index (χ0) is 90.5. The third kappa shape index (κ3) is 16.2. The van der Waals surface area contributed by atoms with Crippen molar-refractivity contribution in [3.05, 3.63) is 558 Å². The van der Waals surface area contributed by atoms with Crippen LogP contribution in [0.15, 0.2) is 558 Å². The number of fused-ring (bicyclic) bond motifs is 7. The Labute approximate surface area is 794 Å². The second kappa shape index (κ2) is 37.3. The Bertz CT molecular complexity index is 8670. The summed E-state index contributed by atoms with van der Waals surface area (Å²) in [5.74, 6) is 0. The van der Waals surface area contributed by atoms with E-state index in [4.69, 9.17) is 0 Å². The Balaban J connectivity index is 0.000000115. The van der Waals surface area contributed by atoms with Gasteiger partial charge in [-0.2, -0.15) is 0 Å². The van der Waals surface area contributed by atoms with Crippen molar-refractivity contribution >= 4 is 75.4 Å². The van der Waals surface area contributed by atoms with Crippen LogP contribution in [-0.4, -0.2) is 0 Å². The topological polar surface area (TPSA) is 0 Å². The molecule has 636 valence electrons. The summed E-state index contributed by atoms with van der Waals surface area (Å²) in [5.41, 5.74) is 37.1. The molecule has 0 unspecified atom stereocenters. The van der Waals surface area contributed by atoms with Crippen LogP contribution in [-0.2, 0) is 0 Å². The molecule has 25 rings (SSSR count). The van der Waals surface area contributed by atoms with E-state index in [1.54, 1.807) is 0 Å². The average Bonchev–Trinajstić information content (AvgIpc) is 0.723. The highest BCUT2D eigenvalue weighted by Crippen LogP contribution is 2.52. The van der Waals surface area contributed by atoms with E-state index in [1.807, 2.05) is 0 Å². The van der Waals surface area contributed by atoms with E-state index in [0.717, 1.165) is 0 Å². The van der Waals surface area contributed by atoms with Crippen molar-refractivity contribution in [2.45, 2.75) is 0 Å². The van der Waals surface area contributed by atoms with Crippen LogP contribution in [0.1, 0.15) is 0 Å². The fraction of sp³-hybridized carbons (Fsp3) is 0. The van der Waals surface area contributed by atoms with E-state index in [0.29, 0.717) is 0 Å². The Kier molecular flexibility index (Phi) is 22.7. The van der Waals surface area contributed by atoms with Gasteiger partial charge in [-0.25, -0.2) is 0 Å². The molecular formula is C136H92. The summed E-state index contributed by atoms with van der Waals surface area (Å²) in [6.45, 7) is 0. The molecule has 0 aromatic heterocycles. The largest absolute Gasteiger partial charge is 0.0622 e. The van der Waals surface area contributed by atoms with Gasteiger partial charge in [0.1, 0.15) is 0 Å². The van der Waals surface area contributed by atoms with Gasteiger partial charge in [0.05, 0.1) is 0 Å². The number of hydrogen-bond acceptors (Lipinski definition) is 0. The van der Waals surface area contributed by atoms with Gasteiger partial charge in [0.2, 0.25) is 0 Å². The summed E-state index contributed by atoms with van der Waals surface area (Å²) >= 11 is 0. The maximum Gasteiger partial charge on any atom is -0.00199 e. The Morgan fingerprint density at radius 1 is 0.0735 bits per heavy atom. The van der Waals surface area contributed by atoms with Gasteiger partial charge >= 0.3 is 0 Å². The fourth-order valence-corrected chi connectivity index (χ4v) is 20.7. The monoisotopic (exact) mass is 1720 g/mol. The molecular weight excluding hydrogens is 1630 g/mol. The molecule has 0 aliphatic carbocycles. The molecule has 0 N–H and O–H groups in total. The minimum absolute atomic E-state index is 1.22. The van der Waals surface area contributed by atoms with Gasteiger partial charge in [0.15, 0.2) is 0 Å². The zero-order valence-corrected chi connectivity index (χ0v) is 75.1. The highest BCUT2D eigenvalue weighted by atomic mass is 14.3. The van der Waals surface area contributed by atoms with Gasteiger partial charge in [-0.3, -0.25) is 0 Å². The third-order valence-corrected chi connectivity index (χ3v) is 27.0. The predicted molar refractivity (Wildman–Crippen MR) is 583 cm³/mol. The highest BCUT2D eigenvalue weighted by molar-refractivity contribution is 6.26. The molecule has 0 radical (unpaired) electrons. The molecule has 0 bridgehead atoms. The predicted octanol–water partition coefficient (Wildman–Crippen LogP) is 38.1. The lowest BCUT2D eigenvalue weighted by atomic mass is 9.81. The minimum Gasteiger partial charge on any atom is -0.0622 e. The molecule has 0 atom stereocenters. The second-order valence-corrected chi connectivity index (χ2v) is 35.0. The van der Waals surface area contributed by atoms with E-state index in [1.165, 1.54) is 242 Å². The van der Waals surface area contributed by atoms with Crippen molar-refractivity contribution in [3.8, 4) is 167 Å². The zero-order valence-electron chi connectivity index (χ0n) is 75.1. The van der Waals surface area contributed by atoms with Crippen molar-refractivity contribution in [2.75, 3.05) is 0 Å². The lowest BCUT2D eigenvalue weighted by Gasteiger charge is -2.21. The first-order valence-corrected chi connectivity index (χ1v) is 47.0. The molecule has 136 heavy (non-hydrogen) atoms. The van der Waals surface area contributed by atoms with Gasteiger partial charge in [0, 0.05) is 0 Å². The van der Waals surface area contributed by atoms with Crippen LogP contribution in [0.3, 0.4) is 0 Å². The summed E-state index contributed by atoms with van der Waals surface area (Å²) in [5, 5.41) is 17.6. The Morgan fingerprint density at radius 2 is 0.265 bits per heavy atom. The van der Waals surface area contributed by atoms with Gasteiger partial charge in [-0.1, -0.05) is 528 Å². The normalized spacial score (nSPS) is 11.2. The molecule has 0 amide bonds. The number of benzene rings is 25. The lowest BCUT2D eigenvalue weighted by molar-refractivity contribution is 1.59. The first-order chi connectivity index (χ1) is 67.5. The van der Waals surface area contributed by atoms with Crippen LogP contribution in [0.2, 0.25) is 0 Å². The highest BCUT2D eigenvalue weighted by Gasteiger charge is 2.25. The molecule has 0 heteroatoms. The SMILES string of the molecule is c1ccc(-c2ccc(-c3c4ccccc4c(-c4cccc(-c5ccccc5)c4)c4ccc(-c5cccc6ccccc56)cc34)cc2)cc1.c1ccc(-c2ccc(-c3c4ccccc4c(-c4cccc(-c5ccccc5)c4)c4ccc(-c5ccccc5)cc34)cc2)cc1.c1ccc(-c2ccc3c(-c4ccccc4-c4ccccc4)c4ccccc4c(-c4ccccc4-c4ccccc4)c3c2)cc1. The van der Waals surface area contributed by atoms with E-state index in [-0.39, 0.29) is 0 Å². The van der Waals surface area contributed by atoms with Crippen molar-refractivity contribution < 1.29 is 0 Å². The van der Waals surface area contributed by atoms with Crippen LogP contribution < -0.4 is 0 Å². The van der Waals surface area contributed by atoms with Gasteiger partial charge in [0.25, 0.3) is 0 Å². The molecule has 0 saturated carbocycles. The average molecular weight is 1730 g/mol. The van der Waals surface area contributed by atoms with Crippen molar-refractivity contribution in [3.63, 3.8) is 0 Å². The smallest absolute Gasteiger partial charge is 0.00199 e. The van der Waals surface area contributed by atoms with Gasteiger partial charge in [-0.15, -0.1) is 0 Å². The minimum atomic E-state index is 1.22. The second-order valence-electron chi connectivity index (χ2n) is 35.0. The summed E-state index contributed by atoms with van der Waals surface area (Å²) in [4.78, 5) is 0. The van der Waals surface area contributed by atoms with Gasteiger partial charge < -0.3 is 0 Å².